The number of nitrogens with one attached hydrogen (secondary N) is 2. The Morgan fingerprint density at radius 1 is 0.926 bits per heavy atom. The van der Waals surface area contributed by atoms with Gasteiger partial charge in [0.1, 0.15) is 13.2 Å². The lowest BCUT2D eigenvalue weighted by Gasteiger charge is -2.18. The number of fused-ring (bicyclic) bond motifs is 1. The van der Waals surface area contributed by atoms with Gasteiger partial charge in [-0.3, -0.25) is 14.4 Å². The van der Waals surface area contributed by atoms with E-state index in [0.29, 0.717) is 30.3 Å². The van der Waals surface area contributed by atoms with Crippen molar-refractivity contribution in [1.82, 2.24) is 10.6 Å². The van der Waals surface area contributed by atoms with Crippen LogP contribution in [0.5, 0.6) is 11.5 Å². The van der Waals surface area contributed by atoms with Gasteiger partial charge in [0.2, 0.25) is 5.91 Å². The summed E-state index contributed by atoms with van der Waals surface area (Å²) in [5.41, 5.74) is 0.484. The van der Waals surface area contributed by atoms with Gasteiger partial charge in [-0.15, -0.1) is 0 Å². The first-order valence-corrected chi connectivity index (χ1v) is 8.65. The molecule has 2 aromatic rings. The molecular weight excluding hydrogens is 352 g/mol. The number of ether oxygens (including phenoxy) is 2. The summed E-state index contributed by atoms with van der Waals surface area (Å²) in [6.45, 7) is 1.47. The van der Waals surface area contributed by atoms with E-state index in [0.717, 1.165) is 0 Å². The second-order valence-corrected chi connectivity index (χ2v) is 5.86. The van der Waals surface area contributed by atoms with Crippen molar-refractivity contribution in [3.05, 3.63) is 47.9 Å². The molecule has 0 atom stereocenters. The smallest absolute Gasteiger partial charge is 0.287 e. The number of Topliss-reactive ketones (excluding diaryl/α,β-unsaturated/α-hetero) is 1. The van der Waals surface area contributed by atoms with Crippen LogP contribution in [0.15, 0.2) is 41.0 Å². The first-order chi connectivity index (χ1) is 13.1. The topological polar surface area (TPSA) is 107 Å². The third kappa shape index (κ3) is 5.10. The number of rotatable bonds is 8. The van der Waals surface area contributed by atoms with Crippen molar-refractivity contribution < 1.29 is 28.3 Å². The standard InChI is InChI=1S/C19H20N2O6/c22-14(13-3-5-15-17(12-13)27-11-10-26-15)4-6-18(23)20-7-8-21-19(24)16-2-1-9-25-16/h1-3,5,9,12H,4,6-8,10-11H2,(H,20,23)(H,21,24). The van der Waals surface area contributed by atoms with E-state index < -0.39 is 0 Å². The second-order valence-electron chi connectivity index (χ2n) is 5.86. The maximum Gasteiger partial charge on any atom is 0.287 e. The monoisotopic (exact) mass is 372 g/mol. The van der Waals surface area contributed by atoms with Gasteiger partial charge in [-0.25, -0.2) is 0 Å². The molecule has 142 valence electrons. The van der Waals surface area contributed by atoms with Crippen LogP contribution in [0.3, 0.4) is 0 Å². The fourth-order valence-corrected chi connectivity index (χ4v) is 2.55. The van der Waals surface area contributed by atoms with E-state index in [1.807, 2.05) is 0 Å². The highest BCUT2D eigenvalue weighted by atomic mass is 16.6. The van der Waals surface area contributed by atoms with Crippen molar-refractivity contribution in [1.29, 1.82) is 0 Å². The molecule has 2 N–H and O–H groups in total. The molecule has 0 unspecified atom stereocenters. The summed E-state index contributed by atoms with van der Waals surface area (Å²) in [7, 11) is 0. The zero-order valence-electron chi connectivity index (χ0n) is 14.7. The normalized spacial score (nSPS) is 12.3. The minimum Gasteiger partial charge on any atom is -0.486 e. The van der Waals surface area contributed by atoms with E-state index in [4.69, 9.17) is 13.9 Å². The van der Waals surface area contributed by atoms with Gasteiger partial charge in [-0.1, -0.05) is 0 Å². The van der Waals surface area contributed by atoms with Crippen molar-refractivity contribution in [2.24, 2.45) is 0 Å². The summed E-state index contributed by atoms with van der Waals surface area (Å²) in [5, 5.41) is 5.28. The second kappa shape index (κ2) is 8.88. The highest BCUT2D eigenvalue weighted by Crippen LogP contribution is 2.31. The van der Waals surface area contributed by atoms with Gasteiger partial charge in [-0.2, -0.15) is 0 Å². The predicted molar refractivity (Wildman–Crippen MR) is 95.0 cm³/mol. The molecule has 1 aromatic carbocycles. The molecule has 27 heavy (non-hydrogen) atoms. The fraction of sp³-hybridized carbons (Fsp3) is 0.316. The molecule has 8 heteroatoms. The average molecular weight is 372 g/mol. The van der Waals surface area contributed by atoms with Gasteiger partial charge in [0.15, 0.2) is 23.0 Å². The fourth-order valence-electron chi connectivity index (χ4n) is 2.55. The Morgan fingerprint density at radius 3 is 2.48 bits per heavy atom. The lowest BCUT2D eigenvalue weighted by atomic mass is 10.1. The Morgan fingerprint density at radius 2 is 1.70 bits per heavy atom. The number of benzene rings is 1. The largest absolute Gasteiger partial charge is 0.486 e. The quantitative estimate of drug-likeness (QED) is 0.538. The Hall–Kier alpha value is -3.29. The van der Waals surface area contributed by atoms with Gasteiger partial charge >= 0.3 is 0 Å². The van der Waals surface area contributed by atoms with E-state index in [-0.39, 0.29) is 49.3 Å². The Labute approximate surface area is 155 Å². The van der Waals surface area contributed by atoms with E-state index in [1.54, 1.807) is 30.3 Å². The number of furan rings is 1. The molecule has 2 heterocycles. The molecule has 1 aliphatic heterocycles. The molecular formula is C19H20N2O6. The number of ketones is 1. The van der Waals surface area contributed by atoms with Crippen molar-refractivity contribution in [2.45, 2.75) is 12.8 Å². The lowest BCUT2D eigenvalue weighted by Crippen LogP contribution is -2.34. The van der Waals surface area contributed by atoms with Crippen LogP contribution >= 0.6 is 0 Å². The minimum absolute atomic E-state index is 0.0689. The molecule has 1 aromatic heterocycles. The van der Waals surface area contributed by atoms with E-state index in [1.165, 1.54) is 6.26 Å². The van der Waals surface area contributed by atoms with Gasteiger partial charge < -0.3 is 24.5 Å². The van der Waals surface area contributed by atoms with Crippen LogP contribution in [0, 0.1) is 0 Å². The SMILES string of the molecule is O=C(CCC(=O)c1ccc2c(c1)OCCO2)NCCNC(=O)c1ccco1. The van der Waals surface area contributed by atoms with Crippen molar-refractivity contribution in [3.8, 4) is 11.5 Å². The van der Waals surface area contributed by atoms with E-state index >= 15 is 0 Å². The number of amides is 2. The van der Waals surface area contributed by atoms with Crippen LogP contribution in [0.2, 0.25) is 0 Å². The maximum atomic E-state index is 12.2. The molecule has 8 nitrogen and oxygen atoms in total. The molecule has 0 radical (unpaired) electrons. The summed E-state index contributed by atoms with van der Waals surface area (Å²) in [4.78, 5) is 35.7. The lowest BCUT2D eigenvalue weighted by molar-refractivity contribution is -0.121. The average Bonchev–Trinajstić information content (AvgIpc) is 3.24. The van der Waals surface area contributed by atoms with Crippen LogP contribution in [0.4, 0.5) is 0 Å². The number of hydrogen-bond acceptors (Lipinski definition) is 6. The van der Waals surface area contributed by atoms with Crippen molar-refractivity contribution >= 4 is 17.6 Å². The summed E-state index contributed by atoms with van der Waals surface area (Å²) in [6.07, 6.45) is 1.57. The van der Waals surface area contributed by atoms with E-state index in [9.17, 15) is 14.4 Å². The predicted octanol–water partition coefficient (Wildman–Crippen LogP) is 1.56. The summed E-state index contributed by atoms with van der Waals surface area (Å²) < 4.78 is 15.8. The van der Waals surface area contributed by atoms with Gasteiger partial charge in [0.05, 0.1) is 6.26 Å². The van der Waals surface area contributed by atoms with Crippen LogP contribution in [0.1, 0.15) is 33.8 Å². The summed E-state index contributed by atoms with van der Waals surface area (Å²) >= 11 is 0. The molecule has 0 aliphatic carbocycles. The zero-order valence-corrected chi connectivity index (χ0v) is 14.7. The van der Waals surface area contributed by atoms with Gasteiger partial charge in [0, 0.05) is 31.5 Å². The molecule has 2 amide bonds. The molecule has 1 aliphatic rings. The van der Waals surface area contributed by atoms with Crippen LogP contribution in [-0.4, -0.2) is 43.9 Å². The first-order valence-electron chi connectivity index (χ1n) is 8.65. The molecule has 0 spiro atoms. The van der Waals surface area contributed by atoms with Crippen molar-refractivity contribution in [2.75, 3.05) is 26.3 Å². The molecule has 0 fully saturated rings. The maximum absolute atomic E-state index is 12.2. The number of carbonyl (C=O) groups is 3. The number of carbonyl (C=O) groups excluding carboxylic acids is 3. The summed E-state index contributed by atoms with van der Waals surface area (Å²) in [5.74, 6) is 0.631. The van der Waals surface area contributed by atoms with Crippen LogP contribution < -0.4 is 20.1 Å². The van der Waals surface area contributed by atoms with Crippen LogP contribution in [-0.2, 0) is 4.79 Å². The Balaban J connectivity index is 1.36. The highest BCUT2D eigenvalue weighted by molar-refractivity contribution is 5.98. The minimum atomic E-state index is -0.344. The summed E-state index contributed by atoms with van der Waals surface area (Å²) in [6, 6.07) is 8.17. The Bertz CT molecular complexity index is 816. The molecule has 3 rings (SSSR count). The van der Waals surface area contributed by atoms with Crippen LogP contribution in [0.25, 0.3) is 0 Å². The molecule has 0 saturated heterocycles. The van der Waals surface area contributed by atoms with Gasteiger partial charge in [0.25, 0.3) is 5.91 Å². The molecule has 0 bridgehead atoms. The zero-order chi connectivity index (χ0) is 19.1. The first kappa shape index (κ1) is 18.5. The molecule has 0 saturated carbocycles. The Kier molecular flexibility index (Phi) is 6.09. The van der Waals surface area contributed by atoms with E-state index in [2.05, 4.69) is 10.6 Å². The highest BCUT2D eigenvalue weighted by Gasteiger charge is 2.16. The van der Waals surface area contributed by atoms with Gasteiger partial charge in [-0.05, 0) is 30.3 Å². The third-order valence-electron chi connectivity index (χ3n) is 3.92. The number of hydrogen-bond donors (Lipinski definition) is 2. The third-order valence-corrected chi connectivity index (χ3v) is 3.92. The van der Waals surface area contributed by atoms with Crippen molar-refractivity contribution in [3.63, 3.8) is 0 Å².